The molecule has 0 aromatic rings. The molecule has 2 rings (SSSR count). The van der Waals surface area contributed by atoms with Crippen molar-refractivity contribution in [1.29, 1.82) is 0 Å². The van der Waals surface area contributed by atoms with Gasteiger partial charge in [-0.15, -0.1) is 0 Å². The number of rotatable bonds is 2. The molecule has 0 aromatic heterocycles. The number of hydrogen-bond acceptors (Lipinski definition) is 1. The zero-order valence-electron chi connectivity index (χ0n) is 12.4. The van der Waals surface area contributed by atoms with Crippen molar-refractivity contribution in [3.63, 3.8) is 0 Å². The summed E-state index contributed by atoms with van der Waals surface area (Å²) in [7, 11) is 0. The van der Waals surface area contributed by atoms with Crippen LogP contribution in [0.1, 0.15) is 59.8 Å². The molecule has 2 aliphatic rings. The van der Waals surface area contributed by atoms with Crippen LogP contribution >= 0.6 is 0 Å². The van der Waals surface area contributed by atoms with Crippen LogP contribution in [0.25, 0.3) is 0 Å². The molecule has 18 heavy (non-hydrogen) atoms. The van der Waals surface area contributed by atoms with E-state index in [0.717, 1.165) is 36.5 Å². The SMILES string of the molecule is CC(C)CC1CC(=O)C[C@@H]2CCC(C)C(C)C12.O. The van der Waals surface area contributed by atoms with Gasteiger partial charge in [0.2, 0.25) is 0 Å². The first-order chi connectivity index (χ1) is 7.99. The van der Waals surface area contributed by atoms with Crippen LogP contribution in [0.5, 0.6) is 0 Å². The Morgan fingerprint density at radius 1 is 1.17 bits per heavy atom. The maximum absolute atomic E-state index is 11.9. The fourth-order valence-corrected chi connectivity index (χ4v) is 4.44. The lowest BCUT2D eigenvalue weighted by molar-refractivity contribution is -0.128. The topological polar surface area (TPSA) is 48.6 Å². The third-order valence-corrected chi connectivity index (χ3v) is 5.34. The second-order valence-electron chi connectivity index (χ2n) is 7.09. The van der Waals surface area contributed by atoms with Gasteiger partial charge in [0, 0.05) is 12.8 Å². The van der Waals surface area contributed by atoms with Crippen LogP contribution in [0.15, 0.2) is 0 Å². The van der Waals surface area contributed by atoms with Crippen LogP contribution < -0.4 is 0 Å². The zero-order valence-corrected chi connectivity index (χ0v) is 12.4. The summed E-state index contributed by atoms with van der Waals surface area (Å²) in [5.74, 6) is 5.18. The Morgan fingerprint density at radius 3 is 2.44 bits per heavy atom. The van der Waals surface area contributed by atoms with Gasteiger partial charge in [0.05, 0.1) is 0 Å². The first-order valence-corrected chi connectivity index (χ1v) is 7.50. The highest BCUT2D eigenvalue weighted by Crippen LogP contribution is 2.49. The van der Waals surface area contributed by atoms with E-state index in [1.54, 1.807) is 0 Å². The molecule has 0 amide bonds. The first-order valence-electron chi connectivity index (χ1n) is 7.50. The number of ketones is 1. The summed E-state index contributed by atoms with van der Waals surface area (Å²) in [5, 5.41) is 0. The molecular formula is C16H30O2. The van der Waals surface area contributed by atoms with E-state index >= 15 is 0 Å². The van der Waals surface area contributed by atoms with Gasteiger partial charge in [0.15, 0.2) is 0 Å². The minimum Gasteiger partial charge on any atom is -0.412 e. The summed E-state index contributed by atoms with van der Waals surface area (Å²) >= 11 is 0. The maximum Gasteiger partial charge on any atom is 0.133 e. The van der Waals surface area contributed by atoms with E-state index in [1.165, 1.54) is 19.3 Å². The fourth-order valence-electron chi connectivity index (χ4n) is 4.44. The van der Waals surface area contributed by atoms with E-state index in [9.17, 15) is 4.79 Å². The fraction of sp³-hybridized carbons (Fsp3) is 0.938. The van der Waals surface area contributed by atoms with Crippen LogP contribution in [-0.4, -0.2) is 11.3 Å². The van der Waals surface area contributed by atoms with E-state index in [1.807, 2.05) is 0 Å². The Bertz CT molecular complexity index is 285. The molecule has 0 bridgehead atoms. The molecule has 0 aromatic carbocycles. The maximum atomic E-state index is 11.9. The molecule has 0 aliphatic heterocycles. The monoisotopic (exact) mass is 254 g/mol. The molecule has 2 saturated carbocycles. The highest BCUT2D eigenvalue weighted by Gasteiger charge is 2.43. The van der Waals surface area contributed by atoms with E-state index in [2.05, 4.69) is 27.7 Å². The third kappa shape index (κ3) is 3.14. The number of carbonyl (C=O) groups excluding carboxylic acids is 1. The van der Waals surface area contributed by atoms with Gasteiger partial charge in [-0.1, -0.05) is 34.1 Å². The average molecular weight is 254 g/mol. The lowest BCUT2D eigenvalue weighted by Gasteiger charge is -2.47. The molecule has 2 heteroatoms. The van der Waals surface area contributed by atoms with Gasteiger partial charge < -0.3 is 5.48 Å². The van der Waals surface area contributed by atoms with E-state index in [0.29, 0.717) is 17.6 Å². The summed E-state index contributed by atoms with van der Waals surface area (Å²) < 4.78 is 0. The molecule has 5 atom stereocenters. The predicted octanol–water partition coefficient (Wildman–Crippen LogP) is 3.49. The Balaban J connectivity index is 0.00000162. The first kappa shape index (κ1) is 15.7. The number of hydrogen-bond donors (Lipinski definition) is 0. The van der Waals surface area contributed by atoms with Crippen LogP contribution in [0, 0.1) is 35.5 Å². The van der Waals surface area contributed by atoms with Crippen molar-refractivity contribution in [3.05, 3.63) is 0 Å². The second kappa shape index (κ2) is 6.18. The summed E-state index contributed by atoms with van der Waals surface area (Å²) in [4.78, 5) is 11.9. The number of carbonyl (C=O) groups is 1. The zero-order chi connectivity index (χ0) is 12.6. The summed E-state index contributed by atoms with van der Waals surface area (Å²) in [6.45, 7) is 9.43. The van der Waals surface area contributed by atoms with E-state index in [-0.39, 0.29) is 5.48 Å². The number of fused-ring (bicyclic) bond motifs is 1. The smallest absolute Gasteiger partial charge is 0.133 e. The van der Waals surface area contributed by atoms with Gasteiger partial charge in [-0.05, 0) is 48.3 Å². The van der Waals surface area contributed by atoms with Crippen molar-refractivity contribution in [3.8, 4) is 0 Å². The van der Waals surface area contributed by atoms with Crippen molar-refractivity contribution in [2.75, 3.05) is 0 Å². The van der Waals surface area contributed by atoms with Gasteiger partial charge in [-0.2, -0.15) is 0 Å². The quantitative estimate of drug-likeness (QED) is 0.744. The minimum absolute atomic E-state index is 0. The van der Waals surface area contributed by atoms with Crippen molar-refractivity contribution in [2.24, 2.45) is 35.5 Å². The summed E-state index contributed by atoms with van der Waals surface area (Å²) in [6.07, 6.45) is 5.65. The van der Waals surface area contributed by atoms with Crippen LogP contribution in [0.4, 0.5) is 0 Å². The van der Waals surface area contributed by atoms with E-state index in [4.69, 9.17) is 0 Å². The molecule has 2 fully saturated rings. The Hall–Kier alpha value is -0.370. The largest absolute Gasteiger partial charge is 0.412 e. The highest BCUT2D eigenvalue weighted by atomic mass is 16.1. The van der Waals surface area contributed by atoms with Gasteiger partial charge >= 0.3 is 0 Å². The second-order valence-corrected chi connectivity index (χ2v) is 7.09. The summed E-state index contributed by atoms with van der Waals surface area (Å²) in [5.41, 5.74) is 0. The number of Topliss-reactive ketones (excluding diaryl/α,β-unsaturated/α-hetero) is 1. The van der Waals surface area contributed by atoms with E-state index < -0.39 is 0 Å². The Morgan fingerprint density at radius 2 is 1.83 bits per heavy atom. The lowest BCUT2D eigenvalue weighted by atomic mass is 9.57. The molecule has 2 nitrogen and oxygen atoms in total. The van der Waals surface area contributed by atoms with Crippen LogP contribution in [-0.2, 0) is 4.79 Å². The summed E-state index contributed by atoms with van der Waals surface area (Å²) in [6, 6.07) is 0. The standard InChI is InChI=1S/C16H28O.H2O/c1-10(2)7-14-9-15(17)8-13-6-5-11(3)12(4)16(13)14;/h10-14,16H,5-9H2,1-4H3;1H2/t11?,12?,13-,14?,16?;/m0./s1. The molecular weight excluding hydrogens is 224 g/mol. The highest BCUT2D eigenvalue weighted by molar-refractivity contribution is 5.79. The molecule has 0 heterocycles. The van der Waals surface area contributed by atoms with Crippen molar-refractivity contribution in [1.82, 2.24) is 0 Å². The molecule has 2 aliphatic carbocycles. The minimum atomic E-state index is 0. The lowest BCUT2D eigenvalue weighted by Crippen LogP contribution is -2.42. The van der Waals surface area contributed by atoms with Gasteiger partial charge in [-0.25, -0.2) is 0 Å². The molecule has 4 unspecified atom stereocenters. The molecule has 0 spiro atoms. The Kier molecular flexibility index (Phi) is 5.39. The van der Waals surface area contributed by atoms with Crippen molar-refractivity contribution >= 4 is 5.78 Å². The van der Waals surface area contributed by atoms with Gasteiger partial charge in [0.1, 0.15) is 5.78 Å². The van der Waals surface area contributed by atoms with Gasteiger partial charge in [-0.3, -0.25) is 4.79 Å². The average Bonchev–Trinajstić information content (AvgIpc) is 2.22. The Labute approximate surface area is 112 Å². The third-order valence-electron chi connectivity index (χ3n) is 5.34. The van der Waals surface area contributed by atoms with Crippen LogP contribution in [0.3, 0.4) is 0 Å². The van der Waals surface area contributed by atoms with Gasteiger partial charge in [0.25, 0.3) is 0 Å². The van der Waals surface area contributed by atoms with Crippen LogP contribution in [0.2, 0.25) is 0 Å². The molecule has 0 radical (unpaired) electrons. The predicted molar refractivity (Wildman–Crippen MR) is 75.3 cm³/mol. The van der Waals surface area contributed by atoms with Crippen molar-refractivity contribution in [2.45, 2.75) is 59.8 Å². The molecule has 2 N–H and O–H groups in total. The normalized spacial score (nSPS) is 40.3. The molecule has 0 saturated heterocycles. The van der Waals surface area contributed by atoms with Crippen molar-refractivity contribution < 1.29 is 10.3 Å². The molecule has 106 valence electrons.